The first-order valence-corrected chi connectivity index (χ1v) is 10.2. The van der Waals surface area contributed by atoms with E-state index in [0.717, 1.165) is 53.6 Å². The number of imidazole rings is 1. The fraction of sp³-hybridized carbons (Fsp3) is 0.381. The normalized spacial score (nSPS) is 19.2. The SMILES string of the molecule is N#CC[C@H]1CC[C@H](n2c(CC(=O)Nc3cn[nH]c3)nc3cnc4[nH]ccc4c32)CC1. The molecule has 0 bridgehead atoms. The molecule has 152 valence electrons. The lowest BCUT2D eigenvalue weighted by Gasteiger charge is -2.30. The lowest BCUT2D eigenvalue weighted by molar-refractivity contribution is -0.115. The summed E-state index contributed by atoms with van der Waals surface area (Å²) >= 11 is 0. The first-order chi connectivity index (χ1) is 14.7. The Kier molecular flexibility index (Phi) is 4.67. The third kappa shape index (κ3) is 3.30. The van der Waals surface area contributed by atoms with Crippen molar-refractivity contribution in [2.75, 3.05) is 5.32 Å². The average molecular weight is 402 g/mol. The van der Waals surface area contributed by atoms with Gasteiger partial charge in [0.2, 0.25) is 5.91 Å². The van der Waals surface area contributed by atoms with Crippen LogP contribution in [0.4, 0.5) is 5.69 Å². The van der Waals surface area contributed by atoms with Gasteiger partial charge in [-0.05, 0) is 37.7 Å². The first-order valence-electron chi connectivity index (χ1n) is 10.2. The summed E-state index contributed by atoms with van der Waals surface area (Å²) in [7, 11) is 0. The quantitative estimate of drug-likeness (QED) is 0.471. The average Bonchev–Trinajstić information content (AvgIpc) is 3.47. The molecule has 3 N–H and O–H groups in total. The zero-order valence-corrected chi connectivity index (χ0v) is 16.4. The van der Waals surface area contributed by atoms with Crippen LogP contribution in [-0.2, 0) is 11.2 Å². The molecule has 0 radical (unpaired) electrons. The number of hydrogen-bond acceptors (Lipinski definition) is 5. The second-order valence-corrected chi connectivity index (χ2v) is 7.88. The molecule has 1 amide bonds. The van der Waals surface area contributed by atoms with E-state index in [9.17, 15) is 4.79 Å². The monoisotopic (exact) mass is 402 g/mol. The molecule has 0 aromatic carbocycles. The maximum Gasteiger partial charge on any atom is 0.232 e. The van der Waals surface area contributed by atoms with Crippen LogP contribution in [-0.4, -0.2) is 35.6 Å². The summed E-state index contributed by atoms with van der Waals surface area (Å²) in [5, 5.41) is 19.5. The fourth-order valence-electron chi connectivity index (χ4n) is 4.56. The molecule has 1 fully saturated rings. The number of nitrogens with zero attached hydrogens (tertiary/aromatic N) is 5. The predicted molar refractivity (Wildman–Crippen MR) is 112 cm³/mol. The number of carbonyl (C=O) groups is 1. The second-order valence-electron chi connectivity index (χ2n) is 7.88. The number of H-pyrrole nitrogens is 2. The molecular weight excluding hydrogens is 380 g/mol. The van der Waals surface area contributed by atoms with Gasteiger partial charge in [-0.1, -0.05) is 0 Å². The molecule has 9 heteroatoms. The number of amides is 1. The summed E-state index contributed by atoms with van der Waals surface area (Å²) in [5.74, 6) is 1.07. The van der Waals surface area contributed by atoms with Crippen LogP contribution in [0.15, 0.2) is 30.9 Å². The van der Waals surface area contributed by atoms with E-state index in [2.05, 4.69) is 36.1 Å². The van der Waals surface area contributed by atoms with E-state index in [4.69, 9.17) is 10.2 Å². The summed E-state index contributed by atoms with van der Waals surface area (Å²) in [4.78, 5) is 25.1. The number of aromatic amines is 2. The van der Waals surface area contributed by atoms with Crippen LogP contribution in [0.25, 0.3) is 22.1 Å². The molecule has 0 unspecified atom stereocenters. The molecule has 5 rings (SSSR count). The molecule has 4 aromatic rings. The Morgan fingerprint density at radius 2 is 2.17 bits per heavy atom. The minimum atomic E-state index is -0.135. The molecule has 1 aliphatic rings. The molecule has 4 heterocycles. The van der Waals surface area contributed by atoms with Gasteiger partial charge in [0.15, 0.2) is 0 Å². The van der Waals surface area contributed by atoms with Gasteiger partial charge < -0.3 is 14.9 Å². The second kappa shape index (κ2) is 7.63. The Morgan fingerprint density at radius 3 is 2.93 bits per heavy atom. The highest BCUT2D eigenvalue weighted by Crippen LogP contribution is 2.38. The zero-order valence-electron chi connectivity index (χ0n) is 16.4. The van der Waals surface area contributed by atoms with Gasteiger partial charge in [0.05, 0.1) is 36.1 Å². The third-order valence-corrected chi connectivity index (χ3v) is 5.97. The van der Waals surface area contributed by atoms with Crippen LogP contribution < -0.4 is 5.32 Å². The highest BCUT2D eigenvalue weighted by Gasteiger charge is 2.27. The number of anilines is 1. The molecule has 0 saturated heterocycles. The smallest absolute Gasteiger partial charge is 0.232 e. The highest BCUT2D eigenvalue weighted by molar-refractivity contribution is 6.02. The van der Waals surface area contributed by atoms with Crippen molar-refractivity contribution in [1.29, 1.82) is 5.26 Å². The summed E-state index contributed by atoms with van der Waals surface area (Å²) in [6, 6.07) is 4.57. The number of pyridine rings is 1. The number of nitriles is 1. The molecular formula is C21H22N8O. The Balaban J connectivity index is 1.52. The van der Waals surface area contributed by atoms with Crippen molar-refractivity contribution in [3.8, 4) is 6.07 Å². The fourth-order valence-corrected chi connectivity index (χ4v) is 4.56. The topological polar surface area (TPSA) is 128 Å². The number of carbonyl (C=O) groups excluding carboxylic acids is 1. The lowest BCUT2D eigenvalue weighted by atomic mass is 9.84. The summed E-state index contributed by atoms with van der Waals surface area (Å²) in [5.41, 5.74) is 3.27. The van der Waals surface area contributed by atoms with E-state index < -0.39 is 0 Å². The lowest BCUT2D eigenvalue weighted by Crippen LogP contribution is -2.22. The Hall–Kier alpha value is -3.67. The summed E-state index contributed by atoms with van der Waals surface area (Å²) in [6.07, 6.45) is 11.6. The number of rotatable bonds is 5. The minimum absolute atomic E-state index is 0.135. The molecule has 4 aromatic heterocycles. The van der Waals surface area contributed by atoms with Gasteiger partial charge in [0, 0.05) is 30.2 Å². The van der Waals surface area contributed by atoms with Crippen LogP contribution in [0.1, 0.15) is 44.0 Å². The van der Waals surface area contributed by atoms with Crippen LogP contribution in [0.2, 0.25) is 0 Å². The predicted octanol–water partition coefficient (Wildman–Crippen LogP) is 3.46. The van der Waals surface area contributed by atoms with E-state index >= 15 is 0 Å². The molecule has 0 atom stereocenters. The number of fused-ring (bicyclic) bond motifs is 3. The van der Waals surface area contributed by atoms with Crippen molar-refractivity contribution in [1.82, 2.24) is 29.7 Å². The minimum Gasteiger partial charge on any atom is -0.346 e. The van der Waals surface area contributed by atoms with E-state index in [1.165, 1.54) is 0 Å². The van der Waals surface area contributed by atoms with Gasteiger partial charge in [-0.2, -0.15) is 10.4 Å². The number of aromatic nitrogens is 6. The molecule has 1 saturated carbocycles. The number of nitrogens with one attached hydrogen (secondary N) is 3. The van der Waals surface area contributed by atoms with Gasteiger partial charge in [-0.3, -0.25) is 9.89 Å². The van der Waals surface area contributed by atoms with Crippen LogP contribution in [0.3, 0.4) is 0 Å². The van der Waals surface area contributed by atoms with Crippen molar-refractivity contribution in [3.05, 3.63) is 36.7 Å². The first kappa shape index (κ1) is 18.4. The van der Waals surface area contributed by atoms with Crippen LogP contribution >= 0.6 is 0 Å². The van der Waals surface area contributed by atoms with Gasteiger partial charge in [0.1, 0.15) is 17.0 Å². The van der Waals surface area contributed by atoms with Crippen molar-refractivity contribution in [2.45, 2.75) is 44.6 Å². The summed E-state index contributed by atoms with van der Waals surface area (Å²) < 4.78 is 2.24. The van der Waals surface area contributed by atoms with Gasteiger partial charge in [-0.15, -0.1) is 0 Å². The van der Waals surface area contributed by atoms with E-state index in [1.54, 1.807) is 18.6 Å². The van der Waals surface area contributed by atoms with Gasteiger partial charge >= 0.3 is 0 Å². The van der Waals surface area contributed by atoms with Crippen LogP contribution in [0.5, 0.6) is 0 Å². The van der Waals surface area contributed by atoms with E-state index in [-0.39, 0.29) is 18.4 Å². The highest BCUT2D eigenvalue weighted by atomic mass is 16.1. The van der Waals surface area contributed by atoms with E-state index in [0.29, 0.717) is 18.0 Å². The summed E-state index contributed by atoms with van der Waals surface area (Å²) in [6.45, 7) is 0. The van der Waals surface area contributed by atoms with Crippen LogP contribution in [0, 0.1) is 17.2 Å². The Morgan fingerprint density at radius 1 is 1.30 bits per heavy atom. The van der Waals surface area contributed by atoms with E-state index in [1.807, 2.05) is 12.3 Å². The molecule has 0 spiro atoms. The Bertz CT molecular complexity index is 1220. The third-order valence-electron chi connectivity index (χ3n) is 5.97. The van der Waals surface area contributed by atoms with Gasteiger partial charge in [0.25, 0.3) is 0 Å². The largest absolute Gasteiger partial charge is 0.346 e. The van der Waals surface area contributed by atoms with Crippen molar-refractivity contribution in [2.24, 2.45) is 5.92 Å². The van der Waals surface area contributed by atoms with Crippen molar-refractivity contribution in [3.63, 3.8) is 0 Å². The van der Waals surface area contributed by atoms with Gasteiger partial charge in [-0.25, -0.2) is 9.97 Å². The molecule has 9 nitrogen and oxygen atoms in total. The molecule has 30 heavy (non-hydrogen) atoms. The maximum absolute atomic E-state index is 12.7. The standard InChI is InChI=1S/C21H22N8O/c22-7-5-13-1-3-15(4-2-13)29-18(9-19(30)27-14-10-25-26-11-14)28-17-12-24-21-16(20(17)29)6-8-23-21/h6,8,10-13,15H,1-5,9H2,(H,23,24)(H,25,26)(H,27,30)/t13-,15-. The zero-order chi connectivity index (χ0) is 20.5. The van der Waals surface area contributed by atoms with Crippen molar-refractivity contribution >= 4 is 33.7 Å². The maximum atomic E-state index is 12.7. The molecule has 0 aliphatic heterocycles. The molecule has 1 aliphatic carbocycles. The van der Waals surface area contributed by atoms with Crippen molar-refractivity contribution < 1.29 is 4.79 Å². The number of hydrogen-bond donors (Lipinski definition) is 3. The Labute approximate surface area is 172 Å².